The summed E-state index contributed by atoms with van der Waals surface area (Å²) >= 11 is 0. The molecule has 0 fully saturated rings. The molecule has 2 aromatic rings. The van der Waals surface area contributed by atoms with Crippen LogP contribution in [0.5, 0.6) is 0 Å². The summed E-state index contributed by atoms with van der Waals surface area (Å²) in [7, 11) is 0. The first-order valence-corrected chi connectivity index (χ1v) is 6.63. The van der Waals surface area contributed by atoms with Gasteiger partial charge >= 0.3 is 0 Å². The summed E-state index contributed by atoms with van der Waals surface area (Å²) in [5.74, 6) is -0.200. The van der Waals surface area contributed by atoms with E-state index in [0.29, 0.717) is 4.48 Å². The van der Waals surface area contributed by atoms with Gasteiger partial charge in [-0.1, -0.05) is 42.5 Å². The minimum atomic E-state index is -0.200. The van der Waals surface area contributed by atoms with Gasteiger partial charge in [-0.3, -0.25) is 0 Å². The minimum Gasteiger partial charge on any atom is -0.246 e. The number of aliphatic imine (C=N–C) groups is 1. The normalized spacial score (nSPS) is 20.4. The van der Waals surface area contributed by atoms with Crippen molar-refractivity contribution in [2.24, 2.45) is 4.99 Å². The molecule has 1 atom stereocenters. The Kier molecular flexibility index (Phi) is 3.44. The highest BCUT2D eigenvalue weighted by molar-refractivity contribution is 5.51. The SMILES string of the molecule is Fc1ccc(C[N+]2(Cc3ccccc3)C=CN=C2)cc1. The van der Waals surface area contributed by atoms with E-state index in [1.165, 1.54) is 17.7 Å². The second-order valence-corrected chi connectivity index (χ2v) is 5.09. The maximum atomic E-state index is 13.0. The summed E-state index contributed by atoms with van der Waals surface area (Å²) in [6.45, 7) is 1.62. The molecule has 0 aliphatic carbocycles. The third-order valence-electron chi connectivity index (χ3n) is 3.46. The Labute approximate surface area is 118 Å². The first-order chi connectivity index (χ1) is 9.76. The van der Waals surface area contributed by atoms with Crippen molar-refractivity contribution in [2.75, 3.05) is 0 Å². The standard InChI is InChI=1S/C17H16FN2/c18-17-8-6-16(7-9-17)13-20(11-10-19-14-20)12-15-4-2-1-3-5-15/h1-11,14H,12-13H2/q+1. The third kappa shape index (κ3) is 2.83. The lowest BCUT2D eigenvalue weighted by molar-refractivity contribution is -0.808. The molecule has 2 aromatic carbocycles. The number of halogens is 1. The van der Waals surface area contributed by atoms with Crippen LogP contribution in [0.4, 0.5) is 4.39 Å². The zero-order valence-corrected chi connectivity index (χ0v) is 11.1. The molecule has 0 bridgehead atoms. The predicted octanol–water partition coefficient (Wildman–Crippen LogP) is 3.86. The van der Waals surface area contributed by atoms with Crippen LogP contribution in [0, 0.1) is 5.82 Å². The minimum absolute atomic E-state index is 0.200. The quantitative estimate of drug-likeness (QED) is 0.746. The van der Waals surface area contributed by atoms with Crippen molar-refractivity contribution in [3.05, 3.63) is 83.9 Å². The van der Waals surface area contributed by atoms with Crippen molar-refractivity contribution in [1.82, 2.24) is 0 Å². The first-order valence-electron chi connectivity index (χ1n) is 6.63. The molecule has 1 aliphatic heterocycles. The second kappa shape index (κ2) is 5.39. The van der Waals surface area contributed by atoms with Gasteiger partial charge in [0.25, 0.3) is 0 Å². The summed E-state index contributed by atoms with van der Waals surface area (Å²) in [4.78, 5) is 4.24. The molecule has 0 aromatic heterocycles. The molecule has 1 unspecified atom stereocenters. The van der Waals surface area contributed by atoms with Gasteiger partial charge in [-0.25, -0.2) is 13.9 Å². The first kappa shape index (κ1) is 12.8. The molecule has 0 radical (unpaired) electrons. The fourth-order valence-corrected chi connectivity index (χ4v) is 2.48. The van der Waals surface area contributed by atoms with E-state index in [9.17, 15) is 4.39 Å². The molecule has 0 saturated carbocycles. The van der Waals surface area contributed by atoms with Gasteiger partial charge in [-0.15, -0.1) is 0 Å². The zero-order valence-electron chi connectivity index (χ0n) is 11.1. The van der Waals surface area contributed by atoms with Crippen LogP contribution in [-0.4, -0.2) is 10.8 Å². The van der Waals surface area contributed by atoms with Gasteiger partial charge < -0.3 is 0 Å². The van der Waals surface area contributed by atoms with Crippen molar-refractivity contribution in [3.8, 4) is 0 Å². The Bertz CT molecular complexity index is 618. The highest BCUT2D eigenvalue weighted by atomic mass is 19.1. The molecule has 3 rings (SSSR count). The van der Waals surface area contributed by atoms with Crippen molar-refractivity contribution in [2.45, 2.75) is 13.1 Å². The van der Waals surface area contributed by atoms with Gasteiger partial charge in [0.2, 0.25) is 0 Å². The summed E-state index contributed by atoms with van der Waals surface area (Å²) in [5.41, 5.74) is 2.35. The zero-order chi connectivity index (χ0) is 13.8. The van der Waals surface area contributed by atoms with Crippen molar-refractivity contribution in [1.29, 1.82) is 0 Å². The third-order valence-corrected chi connectivity index (χ3v) is 3.46. The Morgan fingerprint density at radius 2 is 1.50 bits per heavy atom. The molecular weight excluding hydrogens is 251 g/mol. The predicted molar refractivity (Wildman–Crippen MR) is 78.1 cm³/mol. The van der Waals surface area contributed by atoms with Crippen LogP contribution >= 0.6 is 0 Å². The van der Waals surface area contributed by atoms with Crippen LogP contribution in [0.1, 0.15) is 11.1 Å². The summed E-state index contributed by atoms with van der Waals surface area (Å²) < 4.78 is 13.6. The summed E-state index contributed by atoms with van der Waals surface area (Å²) in [6, 6.07) is 17.0. The number of hydrogen-bond donors (Lipinski definition) is 0. The topological polar surface area (TPSA) is 12.4 Å². The molecule has 0 spiro atoms. The van der Waals surface area contributed by atoms with Crippen LogP contribution < -0.4 is 0 Å². The molecule has 3 heteroatoms. The molecule has 20 heavy (non-hydrogen) atoms. The van der Waals surface area contributed by atoms with Crippen LogP contribution in [0.2, 0.25) is 0 Å². The van der Waals surface area contributed by atoms with E-state index in [1.54, 1.807) is 0 Å². The van der Waals surface area contributed by atoms with Gasteiger partial charge in [0.15, 0.2) is 6.34 Å². The maximum Gasteiger partial charge on any atom is 0.195 e. The van der Waals surface area contributed by atoms with Crippen LogP contribution in [0.15, 0.2) is 72.0 Å². The molecule has 100 valence electrons. The smallest absolute Gasteiger partial charge is 0.195 e. The number of benzene rings is 2. The van der Waals surface area contributed by atoms with E-state index < -0.39 is 0 Å². The number of nitrogens with zero attached hydrogens (tertiary/aromatic N) is 2. The molecule has 2 nitrogen and oxygen atoms in total. The van der Waals surface area contributed by atoms with Gasteiger partial charge in [0.05, 0.1) is 6.20 Å². The average Bonchev–Trinajstić information content (AvgIpc) is 2.91. The molecule has 1 aliphatic rings. The van der Waals surface area contributed by atoms with E-state index >= 15 is 0 Å². The summed E-state index contributed by atoms with van der Waals surface area (Å²) in [5, 5.41) is 0. The fraction of sp³-hybridized carbons (Fsp3) is 0.118. The van der Waals surface area contributed by atoms with E-state index in [1.807, 2.05) is 42.9 Å². The lowest BCUT2D eigenvalue weighted by atomic mass is 10.1. The van der Waals surface area contributed by atoms with Gasteiger partial charge in [0.1, 0.15) is 25.1 Å². The molecule has 1 heterocycles. The lowest BCUT2D eigenvalue weighted by Crippen LogP contribution is -2.38. The van der Waals surface area contributed by atoms with E-state index in [-0.39, 0.29) is 5.82 Å². The van der Waals surface area contributed by atoms with Crippen molar-refractivity contribution < 1.29 is 8.87 Å². The van der Waals surface area contributed by atoms with Crippen LogP contribution in [-0.2, 0) is 13.1 Å². The largest absolute Gasteiger partial charge is 0.246 e. The second-order valence-electron chi connectivity index (χ2n) is 5.09. The molecule has 0 amide bonds. The van der Waals surface area contributed by atoms with Crippen LogP contribution in [0.3, 0.4) is 0 Å². The van der Waals surface area contributed by atoms with E-state index in [2.05, 4.69) is 23.3 Å². The van der Waals surface area contributed by atoms with Crippen molar-refractivity contribution >= 4 is 6.34 Å². The van der Waals surface area contributed by atoms with Gasteiger partial charge in [0, 0.05) is 11.1 Å². The fourth-order valence-electron chi connectivity index (χ4n) is 2.48. The molecular formula is C17H16FN2+. The van der Waals surface area contributed by atoms with Gasteiger partial charge in [-0.05, 0) is 12.1 Å². The van der Waals surface area contributed by atoms with Crippen LogP contribution in [0.25, 0.3) is 0 Å². The number of quaternary nitrogens is 1. The van der Waals surface area contributed by atoms with Gasteiger partial charge in [-0.2, -0.15) is 0 Å². The number of hydrogen-bond acceptors (Lipinski definition) is 1. The highest BCUT2D eigenvalue weighted by Crippen LogP contribution is 2.22. The molecule has 0 N–H and O–H groups in total. The Morgan fingerprint density at radius 3 is 2.10 bits per heavy atom. The Balaban J connectivity index is 1.83. The Hall–Kier alpha value is -2.26. The maximum absolute atomic E-state index is 13.0. The highest BCUT2D eigenvalue weighted by Gasteiger charge is 2.27. The number of rotatable bonds is 4. The van der Waals surface area contributed by atoms with E-state index in [0.717, 1.165) is 18.7 Å². The Morgan fingerprint density at radius 1 is 0.850 bits per heavy atom. The lowest BCUT2D eigenvalue weighted by Gasteiger charge is -2.27. The average molecular weight is 267 g/mol. The van der Waals surface area contributed by atoms with Crippen molar-refractivity contribution in [3.63, 3.8) is 0 Å². The molecule has 0 saturated heterocycles. The monoisotopic (exact) mass is 267 g/mol. The summed E-state index contributed by atoms with van der Waals surface area (Å²) in [6.07, 6.45) is 5.85. The van der Waals surface area contributed by atoms with E-state index in [4.69, 9.17) is 0 Å².